The summed E-state index contributed by atoms with van der Waals surface area (Å²) < 4.78 is 45.7. The number of aromatic amines is 1. The molecular formula is C20H18ClF3N2OS. The topological polar surface area (TPSA) is 37.9 Å². The van der Waals surface area contributed by atoms with E-state index < -0.39 is 11.9 Å². The first kappa shape index (κ1) is 20.8. The van der Waals surface area contributed by atoms with E-state index in [2.05, 4.69) is 9.97 Å². The maximum atomic E-state index is 13.4. The van der Waals surface area contributed by atoms with Gasteiger partial charge in [-0.3, -0.25) is 0 Å². The lowest BCUT2D eigenvalue weighted by atomic mass is 10.2. The van der Waals surface area contributed by atoms with E-state index >= 15 is 0 Å². The number of hydrogen-bond acceptors (Lipinski definition) is 3. The average molecular weight is 427 g/mol. The number of hydrogen-bond donors (Lipinski definition) is 1. The highest BCUT2D eigenvalue weighted by Gasteiger charge is 2.37. The molecule has 3 nitrogen and oxygen atoms in total. The molecular weight excluding hydrogens is 409 g/mol. The van der Waals surface area contributed by atoms with Gasteiger partial charge in [-0.1, -0.05) is 53.7 Å². The van der Waals surface area contributed by atoms with Gasteiger partial charge >= 0.3 is 6.18 Å². The second-order valence-corrected chi connectivity index (χ2v) is 7.71. The monoisotopic (exact) mass is 426 g/mol. The maximum Gasteiger partial charge on any atom is 0.433 e. The molecule has 0 saturated carbocycles. The third-order valence-corrected chi connectivity index (χ3v) is 5.01. The smallest absolute Gasteiger partial charge is 0.376 e. The second-order valence-electron chi connectivity index (χ2n) is 6.22. The normalized spacial score (nSPS) is 11.8. The fourth-order valence-corrected chi connectivity index (χ4v) is 4.03. The van der Waals surface area contributed by atoms with Crippen LogP contribution in [0, 0.1) is 6.92 Å². The van der Waals surface area contributed by atoms with Gasteiger partial charge in [0.25, 0.3) is 0 Å². The van der Waals surface area contributed by atoms with E-state index in [0.717, 1.165) is 22.9 Å². The lowest BCUT2D eigenvalue weighted by molar-refractivity contribution is -0.143. The van der Waals surface area contributed by atoms with Crippen molar-refractivity contribution in [2.24, 2.45) is 0 Å². The third kappa shape index (κ3) is 5.77. The molecule has 3 aromatic rings. The minimum absolute atomic E-state index is 0.118. The Morgan fingerprint density at radius 2 is 1.89 bits per heavy atom. The highest BCUT2D eigenvalue weighted by Crippen LogP contribution is 2.38. The van der Waals surface area contributed by atoms with Gasteiger partial charge in [0, 0.05) is 16.3 Å². The molecule has 2 aromatic carbocycles. The van der Waals surface area contributed by atoms with Gasteiger partial charge in [-0.2, -0.15) is 13.2 Å². The largest absolute Gasteiger partial charge is 0.433 e. The zero-order valence-electron chi connectivity index (χ0n) is 15.0. The predicted octanol–water partition coefficient (Wildman–Crippen LogP) is 6.30. The molecule has 1 N–H and O–H groups in total. The zero-order valence-corrected chi connectivity index (χ0v) is 16.6. The summed E-state index contributed by atoms with van der Waals surface area (Å²) >= 11 is 6.94. The molecule has 0 aliphatic carbocycles. The molecule has 0 fully saturated rings. The van der Waals surface area contributed by atoms with Gasteiger partial charge in [-0.25, -0.2) is 4.98 Å². The first-order chi connectivity index (χ1) is 13.3. The van der Waals surface area contributed by atoms with E-state index in [1.54, 1.807) is 18.2 Å². The number of nitrogens with one attached hydrogen (secondary N) is 1. The first-order valence-electron chi connectivity index (χ1n) is 8.54. The van der Waals surface area contributed by atoms with Crippen LogP contribution in [0.2, 0.25) is 5.02 Å². The van der Waals surface area contributed by atoms with E-state index in [1.807, 2.05) is 37.3 Å². The first-order valence-corrected chi connectivity index (χ1v) is 9.73. The Balaban J connectivity index is 1.69. The molecule has 0 bridgehead atoms. The Labute approximate surface area is 170 Å². The summed E-state index contributed by atoms with van der Waals surface area (Å²) in [6.07, 6.45) is -4.27. The molecule has 3 rings (SSSR count). The predicted molar refractivity (Wildman–Crippen MR) is 104 cm³/mol. The van der Waals surface area contributed by atoms with E-state index in [-0.39, 0.29) is 23.9 Å². The van der Waals surface area contributed by atoms with Crippen LogP contribution in [-0.2, 0) is 23.9 Å². The van der Waals surface area contributed by atoms with Crippen LogP contribution >= 0.6 is 23.4 Å². The number of imidazole rings is 1. The molecule has 0 aliphatic rings. The van der Waals surface area contributed by atoms with Crippen LogP contribution in [0.3, 0.4) is 0 Å². The number of aromatic nitrogens is 2. The Bertz CT molecular complexity index is 909. The van der Waals surface area contributed by atoms with Gasteiger partial charge in [0.15, 0.2) is 5.69 Å². The average Bonchev–Trinajstić information content (AvgIpc) is 3.02. The van der Waals surface area contributed by atoms with Crippen molar-refractivity contribution in [1.29, 1.82) is 0 Å². The highest BCUT2D eigenvalue weighted by atomic mass is 35.5. The Kier molecular flexibility index (Phi) is 6.69. The lowest BCUT2D eigenvalue weighted by Gasteiger charge is -2.07. The molecule has 1 heterocycles. The Hall–Kier alpha value is -1.96. The molecule has 0 radical (unpaired) electrons. The summed E-state index contributed by atoms with van der Waals surface area (Å²) in [5.74, 6) is 0.238. The lowest BCUT2D eigenvalue weighted by Crippen LogP contribution is -2.07. The number of H-pyrrole nitrogens is 1. The molecule has 0 saturated heterocycles. The molecule has 0 unspecified atom stereocenters. The van der Waals surface area contributed by atoms with Gasteiger partial charge in [-0.05, 0) is 36.2 Å². The summed E-state index contributed by atoms with van der Waals surface area (Å²) in [6, 6.07) is 14.7. The summed E-state index contributed by atoms with van der Waals surface area (Å²) in [5, 5.41) is 0.355. The molecule has 148 valence electrons. The van der Waals surface area contributed by atoms with Gasteiger partial charge < -0.3 is 9.72 Å². The van der Waals surface area contributed by atoms with Crippen molar-refractivity contribution in [1.82, 2.24) is 9.97 Å². The summed E-state index contributed by atoms with van der Waals surface area (Å²) in [5.41, 5.74) is 1.02. The second kappa shape index (κ2) is 9.03. The minimum Gasteiger partial charge on any atom is -0.376 e. The van der Waals surface area contributed by atoms with E-state index in [1.165, 1.54) is 0 Å². The number of benzene rings is 2. The van der Waals surface area contributed by atoms with Crippen molar-refractivity contribution < 1.29 is 17.9 Å². The van der Waals surface area contributed by atoms with Crippen LogP contribution in [0.25, 0.3) is 0 Å². The number of halogens is 4. The number of aryl methyl sites for hydroxylation is 1. The molecule has 1 aromatic heterocycles. The van der Waals surface area contributed by atoms with Crippen LogP contribution in [0.1, 0.15) is 22.6 Å². The standard InChI is InChI=1S/C20H18ClF3N2OS/c1-13-9-15(21)11-16(10-13)28-19-18(20(22,23)24)25-17(26-19)7-8-27-12-14-5-3-2-4-6-14/h2-6,9-11H,7-8,12H2,1H3,(H,25,26). The Morgan fingerprint density at radius 3 is 2.57 bits per heavy atom. The SMILES string of the molecule is Cc1cc(Cl)cc(Sc2nc(CCOCc3ccccc3)[nH]c2C(F)(F)F)c1. The molecule has 0 spiro atoms. The van der Waals surface area contributed by atoms with Gasteiger partial charge in [0.2, 0.25) is 0 Å². The third-order valence-electron chi connectivity index (χ3n) is 3.83. The summed E-state index contributed by atoms with van der Waals surface area (Å²) in [6.45, 7) is 2.50. The maximum absolute atomic E-state index is 13.4. The van der Waals surface area contributed by atoms with Crippen molar-refractivity contribution in [3.63, 3.8) is 0 Å². The van der Waals surface area contributed by atoms with Crippen molar-refractivity contribution >= 4 is 23.4 Å². The fourth-order valence-electron chi connectivity index (χ4n) is 2.60. The number of rotatable bonds is 7. The zero-order chi connectivity index (χ0) is 20.1. The van der Waals surface area contributed by atoms with Crippen LogP contribution in [-0.4, -0.2) is 16.6 Å². The highest BCUT2D eigenvalue weighted by molar-refractivity contribution is 7.99. The molecule has 28 heavy (non-hydrogen) atoms. The van der Waals surface area contributed by atoms with E-state index in [0.29, 0.717) is 16.5 Å². The van der Waals surface area contributed by atoms with Crippen LogP contribution in [0.4, 0.5) is 13.2 Å². The van der Waals surface area contributed by atoms with Gasteiger partial charge in [0.1, 0.15) is 10.9 Å². The quantitative estimate of drug-likeness (QED) is 0.450. The summed E-state index contributed by atoms with van der Waals surface area (Å²) in [4.78, 5) is 7.15. The van der Waals surface area contributed by atoms with Crippen LogP contribution < -0.4 is 0 Å². The molecule has 8 heteroatoms. The minimum atomic E-state index is -4.52. The van der Waals surface area contributed by atoms with E-state index in [4.69, 9.17) is 16.3 Å². The number of alkyl halides is 3. The van der Waals surface area contributed by atoms with Crippen molar-refractivity contribution in [3.05, 3.63) is 76.2 Å². The fraction of sp³-hybridized carbons (Fsp3) is 0.250. The van der Waals surface area contributed by atoms with Crippen molar-refractivity contribution in [2.75, 3.05) is 6.61 Å². The van der Waals surface area contributed by atoms with Crippen LogP contribution in [0.15, 0.2) is 58.5 Å². The van der Waals surface area contributed by atoms with Gasteiger partial charge in [-0.15, -0.1) is 0 Å². The van der Waals surface area contributed by atoms with Gasteiger partial charge in [0.05, 0.1) is 13.2 Å². The van der Waals surface area contributed by atoms with Crippen LogP contribution in [0.5, 0.6) is 0 Å². The summed E-state index contributed by atoms with van der Waals surface area (Å²) in [7, 11) is 0. The molecule has 0 aliphatic heterocycles. The number of nitrogens with zero attached hydrogens (tertiary/aromatic N) is 1. The molecule has 0 atom stereocenters. The number of ether oxygens (including phenoxy) is 1. The van der Waals surface area contributed by atoms with Crippen molar-refractivity contribution in [3.8, 4) is 0 Å². The van der Waals surface area contributed by atoms with E-state index in [9.17, 15) is 13.2 Å². The van der Waals surface area contributed by atoms with Crippen molar-refractivity contribution in [2.45, 2.75) is 36.0 Å². The molecule has 0 amide bonds. The Morgan fingerprint density at radius 1 is 1.14 bits per heavy atom.